The number of carbonyl (C=O) groups excluding carboxylic acids is 2. The molecule has 0 fully saturated rings. The number of hydrogen-bond donors (Lipinski definition) is 1. The van der Waals surface area contributed by atoms with E-state index in [0.29, 0.717) is 5.02 Å². The van der Waals surface area contributed by atoms with Crippen molar-refractivity contribution in [3.63, 3.8) is 0 Å². The van der Waals surface area contributed by atoms with Crippen molar-refractivity contribution in [2.75, 3.05) is 0 Å². The smallest absolute Gasteiger partial charge is 0.304 e. The maximum atomic E-state index is 12.2. The van der Waals surface area contributed by atoms with Crippen molar-refractivity contribution in [1.82, 2.24) is 14.9 Å². The van der Waals surface area contributed by atoms with Gasteiger partial charge in [0.25, 0.3) is 5.91 Å². The normalized spacial score (nSPS) is 10.4. The summed E-state index contributed by atoms with van der Waals surface area (Å²) in [7, 11) is 0. The Labute approximate surface area is 147 Å². The molecule has 0 unspecified atom stereocenters. The first-order chi connectivity index (χ1) is 10.9. The third-order valence-corrected chi connectivity index (χ3v) is 3.83. The van der Waals surface area contributed by atoms with E-state index in [1.54, 1.807) is 24.3 Å². The molecule has 0 aliphatic heterocycles. The molecule has 0 aliphatic carbocycles. The minimum Gasteiger partial charge on any atom is -0.444 e. The van der Waals surface area contributed by atoms with E-state index in [1.165, 1.54) is 11.5 Å². The molecule has 0 saturated heterocycles. The van der Waals surface area contributed by atoms with Crippen LogP contribution in [0.1, 0.15) is 23.1 Å². The molecular weight excluding hydrogens is 365 g/mol. The van der Waals surface area contributed by atoms with Gasteiger partial charge in [-0.3, -0.25) is 14.2 Å². The average Bonchev–Trinajstić information content (AvgIpc) is 2.80. The summed E-state index contributed by atoms with van der Waals surface area (Å²) in [4.78, 5) is 27.0. The van der Waals surface area contributed by atoms with Crippen molar-refractivity contribution < 1.29 is 14.3 Å². The number of halogens is 3. The Morgan fingerprint density at radius 2 is 1.87 bits per heavy atom. The molecular formula is C14H12Cl3N3O3. The van der Waals surface area contributed by atoms with Gasteiger partial charge in [0.2, 0.25) is 5.82 Å². The number of nitrogens with one attached hydrogen (secondary N) is 1. The van der Waals surface area contributed by atoms with Crippen molar-refractivity contribution in [3.05, 3.63) is 51.0 Å². The van der Waals surface area contributed by atoms with Crippen LogP contribution in [-0.4, -0.2) is 21.4 Å². The number of benzene rings is 1. The third kappa shape index (κ3) is 4.60. The largest absolute Gasteiger partial charge is 0.444 e. The monoisotopic (exact) mass is 375 g/mol. The van der Waals surface area contributed by atoms with E-state index in [0.717, 1.165) is 5.56 Å². The fourth-order valence-corrected chi connectivity index (χ4v) is 2.19. The molecule has 0 saturated carbocycles. The molecule has 1 aromatic carbocycles. The molecule has 1 aromatic heterocycles. The van der Waals surface area contributed by atoms with Crippen molar-refractivity contribution >= 4 is 46.7 Å². The fourth-order valence-electron chi connectivity index (χ4n) is 1.71. The molecule has 0 atom stereocenters. The number of esters is 1. The molecule has 2 aromatic rings. The SMILES string of the molecule is CC(=O)OCn1c(C(=O)NCc2ccc(Cl)cc2)nc(Cl)c1Cl. The minimum atomic E-state index is -0.515. The van der Waals surface area contributed by atoms with E-state index >= 15 is 0 Å². The highest BCUT2D eigenvalue weighted by Crippen LogP contribution is 2.23. The third-order valence-electron chi connectivity index (χ3n) is 2.83. The lowest BCUT2D eigenvalue weighted by atomic mass is 10.2. The lowest BCUT2D eigenvalue weighted by molar-refractivity contribution is -0.144. The number of amides is 1. The fraction of sp³-hybridized carbons (Fsp3) is 0.214. The zero-order chi connectivity index (χ0) is 17.0. The van der Waals surface area contributed by atoms with Gasteiger partial charge in [-0.2, -0.15) is 0 Å². The number of ether oxygens (including phenoxy) is 1. The minimum absolute atomic E-state index is 0.0181. The van der Waals surface area contributed by atoms with Gasteiger partial charge in [-0.05, 0) is 17.7 Å². The molecule has 0 bridgehead atoms. The van der Waals surface area contributed by atoms with Crippen LogP contribution in [0.2, 0.25) is 15.3 Å². The molecule has 122 valence electrons. The molecule has 1 heterocycles. The van der Waals surface area contributed by atoms with Gasteiger partial charge in [0.15, 0.2) is 17.0 Å². The highest BCUT2D eigenvalue weighted by atomic mass is 35.5. The molecule has 0 aliphatic rings. The predicted molar refractivity (Wildman–Crippen MR) is 86.6 cm³/mol. The Kier molecular flexibility index (Phi) is 5.87. The number of rotatable bonds is 5. The van der Waals surface area contributed by atoms with Crippen LogP contribution in [0.4, 0.5) is 0 Å². The summed E-state index contributed by atoms with van der Waals surface area (Å²) in [6, 6.07) is 7.01. The summed E-state index contributed by atoms with van der Waals surface area (Å²) in [6.45, 7) is 1.26. The Bertz CT molecular complexity index is 729. The first kappa shape index (κ1) is 17.6. The van der Waals surface area contributed by atoms with Crippen LogP contribution in [0.3, 0.4) is 0 Å². The highest BCUT2D eigenvalue weighted by Gasteiger charge is 2.20. The summed E-state index contributed by atoms with van der Waals surface area (Å²) >= 11 is 17.6. The van der Waals surface area contributed by atoms with Crippen molar-refractivity contribution in [2.45, 2.75) is 20.2 Å². The van der Waals surface area contributed by atoms with Crippen LogP contribution in [0.25, 0.3) is 0 Å². The maximum Gasteiger partial charge on any atom is 0.304 e. The van der Waals surface area contributed by atoms with Crippen LogP contribution in [-0.2, 0) is 22.8 Å². The van der Waals surface area contributed by atoms with Crippen molar-refractivity contribution in [1.29, 1.82) is 0 Å². The van der Waals surface area contributed by atoms with Crippen LogP contribution >= 0.6 is 34.8 Å². The second-order valence-electron chi connectivity index (χ2n) is 4.52. The van der Waals surface area contributed by atoms with E-state index in [9.17, 15) is 9.59 Å². The van der Waals surface area contributed by atoms with Crippen molar-refractivity contribution in [2.24, 2.45) is 0 Å². The van der Waals surface area contributed by atoms with Gasteiger partial charge in [-0.1, -0.05) is 46.9 Å². The van der Waals surface area contributed by atoms with Gasteiger partial charge in [-0.25, -0.2) is 4.98 Å². The second kappa shape index (κ2) is 7.68. The highest BCUT2D eigenvalue weighted by molar-refractivity contribution is 6.40. The summed E-state index contributed by atoms with van der Waals surface area (Å²) in [5, 5.41) is 3.26. The molecule has 0 spiro atoms. The molecule has 23 heavy (non-hydrogen) atoms. The van der Waals surface area contributed by atoms with Gasteiger partial charge < -0.3 is 10.1 Å². The Balaban J connectivity index is 2.10. The first-order valence-corrected chi connectivity index (χ1v) is 7.59. The molecule has 1 N–H and O–H groups in total. The number of hydrogen-bond acceptors (Lipinski definition) is 4. The van der Waals surface area contributed by atoms with Gasteiger partial charge in [0.05, 0.1) is 0 Å². The molecule has 0 radical (unpaired) electrons. The van der Waals surface area contributed by atoms with E-state index in [1.807, 2.05) is 0 Å². The Hall–Kier alpha value is -1.76. The van der Waals surface area contributed by atoms with Crippen molar-refractivity contribution in [3.8, 4) is 0 Å². The summed E-state index contributed by atoms with van der Waals surface area (Å²) in [5.41, 5.74) is 0.859. The standard InChI is InChI=1S/C14H12Cl3N3O3/c1-8(21)23-7-20-12(17)11(16)19-13(20)14(22)18-6-9-2-4-10(15)5-3-9/h2-5H,6-7H2,1H3,(H,18,22). The summed E-state index contributed by atoms with van der Waals surface area (Å²) < 4.78 is 6.05. The van der Waals surface area contributed by atoms with E-state index < -0.39 is 11.9 Å². The van der Waals surface area contributed by atoms with Gasteiger partial charge in [0, 0.05) is 18.5 Å². The second-order valence-corrected chi connectivity index (χ2v) is 5.67. The van der Waals surface area contributed by atoms with Crippen LogP contribution in [0, 0.1) is 0 Å². The van der Waals surface area contributed by atoms with E-state index in [-0.39, 0.29) is 29.4 Å². The quantitative estimate of drug-likeness (QED) is 0.813. The lowest BCUT2D eigenvalue weighted by Crippen LogP contribution is -2.27. The zero-order valence-electron chi connectivity index (χ0n) is 12.0. The average molecular weight is 377 g/mol. The number of imidazole rings is 1. The van der Waals surface area contributed by atoms with Gasteiger partial charge in [0.1, 0.15) is 0 Å². The number of carbonyl (C=O) groups is 2. The zero-order valence-corrected chi connectivity index (χ0v) is 14.2. The van der Waals surface area contributed by atoms with Crippen LogP contribution in [0.5, 0.6) is 0 Å². The summed E-state index contributed by atoms with van der Waals surface area (Å²) in [5.74, 6) is -1.06. The van der Waals surface area contributed by atoms with Crippen LogP contribution in [0.15, 0.2) is 24.3 Å². The van der Waals surface area contributed by atoms with Gasteiger partial charge >= 0.3 is 5.97 Å². The lowest BCUT2D eigenvalue weighted by Gasteiger charge is -2.09. The molecule has 2 rings (SSSR count). The number of nitrogens with zero attached hydrogens (tertiary/aromatic N) is 2. The summed E-state index contributed by atoms with van der Waals surface area (Å²) in [6.07, 6.45) is 0. The predicted octanol–water partition coefficient (Wildman–Crippen LogP) is 3.29. The molecule has 9 heteroatoms. The molecule has 6 nitrogen and oxygen atoms in total. The molecule has 1 amide bonds. The van der Waals surface area contributed by atoms with Gasteiger partial charge in [-0.15, -0.1) is 0 Å². The topological polar surface area (TPSA) is 73.2 Å². The number of aromatic nitrogens is 2. The van der Waals surface area contributed by atoms with E-state index in [4.69, 9.17) is 39.5 Å². The van der Waals surface area contributed by atoms with E-state index in [2.05, 4.69) is 10.3 Å². The Morgan fingerprint density at radius 1 is 1.22 bits per heavy atom. The van der Waals surface area contributed by atoms with Crippen LogP contribution < -0.4 is 5.32 Å². The first-order valence-electron chi connectivity index (χ1n) is 6.46. The Morgan fingerprint density at radius 3 is 2.48 bits per heavy atom. The maximum absolute atomic E-state index is 12.2.